The fourth-order valence-corrected chi connectivity index (χ4v) is 6.99. The summed E-state index contributed by atoms with van der Waals surface area (Å²) >= 11 is 0. The zero-order chi connectivity index (χ0) is 30.8. The second-order valence-electron chi connectivity index (χ2n) is 11.0. The molecule has 43 heavy (non-hydrogen) atoms. The molecule has 0 saturated heterocycles. The molecule has 4 rings (SSSR count). The van der Waals surface area contributed by atoms with Gasteiger partial charge < -0.3 is 15.0 Å². The molecule has 1 aliphatic rings. The maximum atomic E-state index is 14.3. The average molecular weight is 606 g/mol. The molecule has 0 radical (unpaired) electrons. The molecule has 1 atom stereocenters. The number of benzene rings is 3. The van der Waals surface area contributed by atoms with Crippen molar-refractivity contribution in [3.05, 3.63) is 90.0 Å². The second-order valence-corrected chi connectivity index (χ2v) is 12.8. The van der Waals surface area contributed by atoms with Gasteiger partial charge >= 0.3 is 0 Å². The van der Waals surface area contributed by atoms with Gasteiger partial charge in [-0.05, 0) is 80.6 Å². The fourth-order valence-electron chi connectivity index (χ4n) is 5.56. The van der Waals surface area contributed by atoms with E-state index in [0.717, 1.165) is 41.1 Å². The van der Waals surface area contributed by atoms with Crippen LogP contribution < -0.4 is 14.4 Å². The highest BCUT2D eigenvalue weighted by Gasteiger charge is 2.34. The van der Waals surface area contributed by atoms with Crippen molar-refractivity contribution in [1.82, 2.24) is 10.2 Å². The Morgan fingerprint density at radius 1 is 0.907 bits per heavy atom. The Morgan fingerprint density at radius 2 is 1.56 bits per heavy atom. The summed E-state index contributed by atoms with van der Waals surface area (Å²) in [6, 6.07) is 21.8. The van der Waals surface area contributed by atoms with Crippen molar-refractivity contribution < 1.29 is 22.7 Å². The first-order valence-electron chi connectivity index (χ1n) is 15.2. The summed E-state index contributed by atoms with van der Waals surface area (Å²) in [6.45, 7) is 5.91. The lowest BCUT2D eigenvalue weighted by Crippen LogP contribution is -2.54. The molecule has 230 valence electrons. The molecule has 0 heterocycles. The summed E-state index contributed by atoms with van der Waals surface area (Å²) in [7, 11) is -4.12. The smallest absolute Gasteiger partial charge is 0.264 e. The molecular formula is C34H43N3O5S. The number of ether oxygens (including phenoxy) is 1. The topological polar surface area (TPSA) is 96.0 Å². The van der Waals surface area contributed by atoms with Crippen LogP contribution in [0.25, 0.3) is 0 Å². The van der Waals surface area contributed by atoms with E-state index in [1.165, 1.54) is 18.6 Å². The number of nitrogens with zero attached hydrogens (tertiary/aromatic N) is 2. The van der Waals surface area contributed by atoms with Crippen LogP contribution in [0.2, 0.25) is 0 Å². The first-order chi connectivity index (χ1) is 20.7. The number of carbonyl (C=O) groups is 2. The number of rotatable bonds is 13. The van der Waals surface area contributed by atoms with Gasteiger partial charge in [0.25, 0.3) is 10.0 Å². The third kappa shape index (κ3) is 8.16. The molecule has 1 N–H and O–H groups in total. The summed E-state index contributed by atoms with van der Waals surface area (Å²) < 4.78 is 34.7. The van der Waals surface area contributed by atoms with Gasteiger partial charge in [0.05, 0.1) is 17.2 Å². The van der Waals surface area contributed by atoms with Crippen LogP contribution in [-0.2, 0) is 26.2 Å². The molecule has 1 fully saturated rings. The zero-order valence-electron chi connectivity index (χ0n) is 25.4. The van der Waals surface area contributed by atoms with Gasteiger partial charge in [0, 0.05) is 12.6 Å². The molecule has 0 unspecified atom stereocenters. The number of nitrogens with one attached hydrogen (secondary N) is 1. The van der Waals surface area contributed by atoms with Crippen molar-refractivity contribution in [3.8, 4) is 5.75 Å². The molecule has 2 amide bonds. The van der Waals surface area contributed by atoms with Crippen LogP contribution in [0.5, 0.6) is 5.75 Å². The van der Waals surface area contributed by atoms with E-state index in [0.29, 0.717) is 24.5 Å². The maximum Gasteiger partial charge on any atom is 0.264 e. The predicted molar refractivity (Wildman–Crippen MR) is 169 cm³/mol. The highest BCUT2D eigenvalue weighted by molar-refractivity contribution is 7.92. The lowest BCUT2D eigenvalue weighted by molar-refractivity contribution is -0.140. The summed E-state index contributed by atoms with van der Waals surface area (Å²) in [5.74, 6) is -0.0570. The summed E-state index contributed by atoms with van der Waals surface area (Å²) in [4.78, 5) is 29.6. The lowest BCUT2D eigenvalue weighted by Gasteiger charge is -2.34. The average Bonchev–Trinajstić information content (AvgIpc) is 3.02. The second kappa shape index (κ2) is 15.0. The molecule has 0 aromatic heterocycles. The van der Waals surface area contributed by atoms with Crippen LogP contribution >= 0.6 is 0 Å². The van der Waals surface area contributed by atoms with E-state index < -0.39 is 28.5 Å². The Labute approximate surface area is 256 Å². The number of carbonyl (C=O) groups excluding carboxylic acids is 2. The van der Waals surface area contributed by atoms with Crippen molar-refractivity contribution in [1.29, 1.82) is 0 Å². The third-order valence-corrected chi connectivity index (χ3v) is 9.77. The van der Waals surface area contributed by atoms with Gasteiger partial charge in [0.15, 0.2) is 0 Å². The van der Waals surface area contributed by atoms with Crippen molar-refractivity contribution in [2.24, 2.45) is 0 Å². The van der Waals surface area contributed by atoms with E-state index in [-0.39, 0.29) is 23.4 Å². The SMILES string of the molecule is CCOc1ccc(N(CC(=O)N(Cc2ccccc2C)[C@@H](CC)C(=O)NC2CCCCC2)S(=O)(=O)c2ccccc2)cc1. The van der Waals surface area contributed by atoms with Crippen LogP contribution in [0.15, 0.2) is 83.8 Å². The Balaban J connectivity index is 1.70. The highest BCUT2D eigenvalue weighted by Crippen LogP contribution is 2.27. The fraction of sp³-hybridized carbons (Fsp3) is 0.412. The minimum absolute atomic E-state index is 0.0734. The molecule has 9 heteroatoms. The number of hydrogen-bond donors (Lipinski definition) is 1. The first kappa shape index (κ1) is 32.1. The molecule has 1 saturated carbocycles. The Kier molecular flexibility index (Phi) is 11.2. The highest BCUT2D eigenvalue weighted by atomic mass is 32.2. The van der Waals surface area contributed by atoms with E-state index in [1.807, 2.05) is 45.0 Å². The number of aryl methyl sites for hydroxylation is 1. The van der Waals surface area contributed by atoms with Gasteiger partial charge in [0.1, 0.15) is 18.3 Å². The molecule has 0 spiro atoms. The minimum Gasteiger partial charge on any atom is -0.494 e. The van der Waals surface area contributed by atoms with Gasteiger partial charge in [0.2, 0.25) is 11.8 Å². The Bertz CT molecular complexity index is 1450. The maximum absolute atomic E-state index is 14.3. The van der Waals surface area contributed by atoms with E-state index in [4.69, 9.17) is 4.74 Å². The largest absolute Gasteiger partial charge is 0.494 e. The van der Waals surface area contributed by atoms with E-state index in [9.17, 15) is 18.0 Å². The standard InChI is InChI=1S/C34H43N3O5S/c1-4-32(34(39)35-28-16-8-6-9-17-28)36(24-27-15-13-12-14-26(27)3)33(38)25-37(29-20-22-30(23-21-29)42-5-2)43(40,41)31-18-10-7-11-19-31/h7,10-15,18-23,28,32H,4-6,8-9,16-17,24-25H2,1-3H3,(H,35,39)/t32-/m0/s1. The Hall–Kier alpha value is -3.85. The van der Waals surface area contributed by atoms with Gasteiger partial charge in [-0.15, -0.1) is 0 Å². The molecule has 3 aromatic carbocycles. The number of amides is 2. The number of hydrogen-bond acceptors (Lipinski definition) is 5. The zero-order valence-corrected chi connectivity index (χ0v) is 26.2. The van der Waals surface area contributed by atoms with E-state index in [2.05, 4.69) is 5.32 Å². The molecular weight excluding hydrogens is 562 g/mol. The van der Waals surface area contributed by atoms with Crippen LogP contribution in [0.3, 0.4) is 0 Å². The molecule has 3 aromatic rings. The quantitative estimate of drug-likeness (QED) is 0.264. The molecule has 1 aliphatic carbocycles. The van der Waals surface area contributed by atoms with Gasteiger partial charge in [-0.3, -0.25) is 13.9 Å². The summed E-state index contributed by atoms with van der Waals surface area (Å²) in [6.07, 6.45) is 5.55. The molecule has 8 nitrogen and oxygen atoms in total. The van der Waals surface area contributed by atoms with Crippen molar-refractivity contribution in [2.45, 2.75) is 82.8 Å². The predicted octanol–water partition coefficient (Wildman–Crippen LogP) is 5.85. The van der Waals surface area contributed by atoms with Crippen molar-refractivity contribution in [2.75, 3.05) is 17.5 Å². The minimum atomic E-state index is -4.12. The van der Waals surface area contributed by atoms with Crippen molar-refractivity contribution in [3.63, 3.8) is 0 Å². The van der Waals surface area contributed by atoms with Gasteiger partial charge in [-0.2, -0.15) is 0 Å². The number of anilines is 1. The van der Waals surface area contributed by atoms with Crippen LogP contribution in [-0.4, -0.2) is 50.4 Å². The van der Waals surface area contributed by atoms with Crippen molar-refractivity contribution >= 4 is 27.5 Å². The third-order valence-electron chi connectivity index (χ3n) is 7.99. The summed E-state index contributed by atoms with van der Waals surface area (Å²) in [5.41, 5.74) is 2.22. The van der Waals surface area contributed by atoms with Crippen LogP contribution in [0.4, 0.5) is 5.69 Å². The normalized spacial score (nSPS) is 14.5. The van der Waals surface area contributed by atoms with Gasteiger partial charge in [-0.25, -0.2) is 8.42 Å². The lowest BCUT2D eigenvalue weighted by atomic mass is 9.95. The molecule has 0 aliphatic heterocycles. The van der Waals surface area contributed by atoms with Gasteiger partial charge in [-0.1, -0.05) is 68.7 Å². The first-order valence-corrected chi connectivity index (χ1v) is 16.6. The summed E-state index contributed by atoms with van der Waals surface area (Å²) in [5, 5.41) is 3.19. The monoisotopic (exact) mass is 605 g/mol. The van der Waals surface area contributed by atoms with Crippen LogP contribution in [0.1, 0.15) is 63.5 Å². The Morgan fingerprint density at radius 3 is 2.19 bits per heavy atom. The van der Waals surface area contributed by atoms with Crippen LogP contribution in [0, 0.1) is 6.92 Å². The molecule has 0 bridgehead atoms. The van der Waals surface area contributed by atoms with E-state index in [1.54, 1.807) is 47.4 Å². The van der Waals surface area contributed by atoms with E-state index >= 15 is 0 Å². The number of sulfonamides is 1.